The van der Waals surface area contributed by atoms with Crippen LogP contribution in [0.3, 0.4) is 0 Å². The molecule has 0 amide bonds. The highest BCUT2D eigenvalue weighted by Gasteiger charge is 2.08. The Morgan fingerprint density at radius 2 is 1.60 bits per heavy atom. The molecule has 0 saturated heterocycles. The lowest BCUT2D eigenvalue weighted by atomic mass is 10.0. The topological polar surface area (TPSA) is 24.1 Å². The molecule has 25 heavy (non-hydrogen) atoms. The van der Waals surface area contributed by atoms with Gasteiger partial charge in [-0.2, -0.15) is 0 Å². The van der Waals surface area contributed by atoms with Crippen LogP contribution in [-0.4, -0.2) is 19.6 Å². The molecule has 2 rings (SSSR count). The van der Waals surface area contributed by atoms with Crippen LogP contribution in [0.4, 0.5) is 0 Å². The summed E-state index contributed by atoms with van der Waals surface area (Å²) in [5, 5.41) is 6.38. The zero-order chi connectivity index (χ0) is 19.7. The van der Waals surface area contributed by atoms with E-state index in [2.05, 4.69) is 74.4 Å². The quantitative estimate of drug-likeness (QED) is 0.675. The van der Waals surface area contributed by atoms with Gasteiger partial charge in [0.1, 0.15) is 0 Å². The Bertz CT molecular complexity index is 462. The van der Waals surface area contributed by atoms with Crippen molar-refractivity contribution in [1.29, 1.82) is 0 Å². The standard InChI is InChI=1S/C11H18N2.C8H10.2C2H6/c1-4-11(9(2)12-3)7-10-5-6-13-8-10;1-7-3-5-8(2)6-4-7;2*1-2/h4-7,9-10,12-13H,1,8H2,2-3H3;3-6H,1-2H3;2*1-2H3/b11-7+;;;. The van der Waals surface area contributed by atoms with Gasteiger partial charge in [0.2, 0.25) is 0 Å². The first-order chi connectivity index (χ1) is 12.1. The van der Waals surface area contributed by atoms with Crippen molar-refractivity contribution in [2.75, 3.05) is 13.6 Å². The first kappa shape index (κ1) is 25.4. The largest absolute Gasteiger partial charge is 0.390 e. The molecule has 1 aromatic rings. The van der Waals surface area contributed by atoms with E-state index < -0.39 is 0 Å². The van der Waals surface area contributed by atoms with Crippen molar-refractivity contribution < 1.29 is 0 Å². The van der Waals surface area contributed by atoms with Crippen molar-refractivity contribution in [2.24, 2.45) is 5.92 Å². The van der Waals surface area contributed by atoms with Crippen LogP contribution in [0.1, 0.15) is 45.7 Å². The molecule has 1 aromatic carbocycles. The minimum absolute atomic E-state index is 0.381. The molecule has 0 fully saturated rings. The minimum atomic E-state index is 0.381. The highest BCUT2D eigenvalue weighted by Crippen LogP contribution is 2.12. The maximum Gasteiger partial charge on any atom is 0.0285 e. The number of aryl methyl sites for hydroxylation is 2. The van der Waals surface area contributed by atoms with Gasteiger partial charge < -0.3 is 10.6 Å². The van der Waals surface area contributed by atoms with Crippen LogP contribution in [0.25, 0.3) is 0 Å². The Balaban J connectivity index is 0. The molecule has 0 bridgehead atoms. The third-order valence-corrected chi connectivity index (χ3v) is 3.61. The zero-order valence-electron chi connectivity index (χ0n) is 17.7. The van der Waals surface area contributed by atoms with E-state index in [1.807, 2.05) is 47.0 Å². The van der Waals surface area contributed by atoms with E-state index in [0.29, 0.717) is 12.0 Å². The van der Waals surface area contributed by atoms with Crippen LogP contribution in [0.2, 0.25) is 0 Å². The lowest BCUT2D eigenvalue weighted by Gasteiger charge is -2.13. The molecule has 0 aliphatic carbocycles. The first-order valence-corrected chi connectivity index (χ1v) is 9.51. The highest BCUT2D eigenvalue weighted by atomic mass is 14.9. The van der Waals surface area contributed by atoms with Gasteiger partial charge in [0.05, 0.1) is 0 Å². The molecule has 1 aliphatic rings. The summed E-state index contributed by atoms with van der Waals surface area (Å²) in [7, 11) is 1.96. The molecule has 0 spiro atoms. The molecule has 2 nitrogen and oxygen atoms in total. The number of likely N-dealkylation sites (N-methyl/N-ethyl adjacent to an activating group) is 1. The molecule has 2 unspecified atom stereocenters. The SMILES string of the molecule is C=C/C(=C\C1C=CNC1)C(C)NC.CC.CC.Cc1ccc(C)cc1. The van der Waals surface area contributed by atoms with E-state index >= 15 is 0 Å². The van der Waals surface area contributed by atoms with Gasteiger partial charge in [0.15, 0.2) is 0 Å². The summed E-state index contributed by atoms with van der Waals surface area (Å²) in [5.41, 5.74) is 3.92. The lowest BCUT2D eigenvalue weighted by Crippen LogP contribution is -2.23. The zero-order valence-corrected chi connectivity index (χ0v) is 17.7. The monoisotopic (exact) mass is 344 g/mol. The van der Waals surface area contributed by atoms with Crippen molar-refractivity contribution >= 4 is 0 Å². The third kappa shape index (κ3) is 12.2. The minimum Gasteiger partial charge on any atom is -0.390 e. The van der Waals surface area contributed by atoms with E-state index in [9.17, 15) is 0 Å². The Kier molecular flexibility index (Phi) is 17.3. The third-order valence-electron chi connectivity index (χ3n) is 3.61. The van der Waals surface area contributed by atoms with E-state index in [0.717, 1.165) is 6.54 Å². The second-order valence-electron chi connectivity index (χ2n) is 5.47. The normalized spacial score (nSPS) is 16.0. The van der Waals surface area contributed by atoms with Crippen molar-refractivity contribution in [1.82, 2.24) is 10.6 Å². The highest BCUT2D eigenvalue weighted by molar-refractivity contribution is 5.25. The molecule has 2 N–H and O–H groups in total. The van der Waals surface area contributed by atoms with Crippen molar-refractivity contribution in [3.05, 3.63) is 72.0 Å². The molecule has 1 heterocycles. The maximum absolute atomic E-state index is 3.82. The van der Waals surface area contributed by atoms with Crippen LogP contribution in [0, 0.1) is 19.8 Å². The fourth-order valence-corrected chi connectivity index (χ4v) is 2.02. The average Bonchev–Trinajstić information content (AvgIpc) is 3.18. The van der Waals surface area contributed by atoms with Crippen molar-refractivity contribution in [2.45, 2.75) is 54.5 Å². The van der Waals surface area contributed by atoms with Crippen molar-refractivity contribution in [3.63, 3.8) is 0 Å². The van der Waals surface area contributed by atoms with Gasteiger partial charge in [-0.15, -0.1) is 0 Å². The number of nitrogens with one attached hydrogen (secondary N) is 2. The molecule has 0 saturated carbocycles. The summed E-state index contributed by atoms with van der Waals surface area (Å²) >= 11 is 0. The summed E-state index contributed by atoms with van der Waals surface area (Å²) in [6.45, 7) is 19.2. The van der Waals surface area contributed by atoms with Gasteiger partial charge in [0.25, 0.3) is 0 Å². The van der Waals surface area contributed by atoms with E-state index in [1.165, 1.54) is 16.7 Å². The van der Waals surface area contributed by atoms with Gasteiger partial charge >= 0.3 is 0 Å². The van der Waals surface area contributed by atoms with Crippen molar-refractivity contribution in [3.8, 4) is 0 Å². The summed E-state index contributed by atoms with van der Waals surface area (Å²) < 4.78 is 0. The molecule has 2 atom stereocenters. The maximum atomic E-state index is 3.82. The Hall–Kier alpha value is -1.80. The van der Waals surface area contributed by atoms with E-state index in [4.69, 9.17) is 0 Å². The van der Waals surface area contributed by atoms with E-state index in [-0.39, 0.29) is 0 Å². The van der Waals surface area contributed by atoms with Gasteiger partial charge in [-0.3, -0.25) is 0 Å². The van der Waals surface area contributed by atoms with Crippen LogP contribution in [0.15, 0.2) is 60.8 Å². The number of benzene rings is 1. The van der Waals surface area contributed by atoms with Gasteiger partial charge in [-0.1, -0.05) is 87.9 Å². The first-order valence-electron chi connectivity index (χ1n) is 9.51. The van der Waals surface area contributed by atoms with Crippen LogP contribution >= 0.6 is 0 Å². The Morgan fingerprint density at radius 3 is 1.92 bits per heavy atom. The van der Waals surface area contributed by atoms with E-state index in [1.54, 1.807) is 0 Å². The lowest BCUT2D eigenvalue weighted by molar-refractivity contribution is 0.691. The molecule has 142 valence electrons. The molecule has 0 radical (unpaired) electrons. The number of hydrogen-bond acceptors (Lipinski definition) is 2. The second kappa shape index (κ2) is 17.0. The molecular formula is C23H40N2. The summed E-state index contributed by atoms with van der Waals surface area (Å²) in [6, 6.07) is 8.86. The van der Waals surface area contributed by atoms with Crippen LogP contribution in [0.5, 0.6) is 0 Å². The average molecular weight is 345 g/mol. The molecule has 0 aromatic heterocycles. The van der Waals surface area contributed by atoms with Gasteiger partial charge in [-0.05, 0) is 39.6 Å². The Labute approximate surface area is 157 Å². The summed E-state index contributed by atoms with van der Waals surface area (Å²) in [4.78, 5) is 0. The van der Waals surface area contributed by atoms with Crippen LogP contribution < -0.4 is 10.6 Å². The van der Waals surface area contributed by atoms with Crippen LogP contribution in [-0.2, 0) is 0 Å². The molecular weight excluding hydrogens is 304 g/mol. The fraction of sp³-hybridized carbons (Fsp3) is 0.478. The van der Waals surface area contributed by atoms with Gasteiger partial charge in [0, 0.05) is 18.5 Å². The summed E-state index contributed by atoms with van der Waals surface area (Å²) in [5.74, 6) is 0.517. The smallest absolute Gasteiger partial charge is 0.0285 e. The number of rotatable bonds is 4. The predicted octanol–water partition coefficient (Wildman–Crippen LogP) is 5.80. The number of hydrogen-bond donors (Lipinski definition) is 2. The fourth-order valence-electron chi connectivity index (χ4n) is 2.02. The Morgan fingerprint density at radius 1 is 1.12 bits per heavy atom. The molecule has 2 heteroatoms. The summed E-state index contributed by atoms with van der Waals surface area (Å²) in [6.07, 6.45) is 8.36. The second-order valence-corrected chi connectivity index (χ2v) is 5.47. The molecule has 1 aliphatic heterocycles. The predicted molar refractivity (Wildman–Crippen MR) is 116 cm³/mol. The van der Waals surface area contributed by atoms with Gasteiger partial charge in [-0.25, -0.2) is 0 Å².